The lowest BCUT2D eigenvalue weighted by Crippen LogP contribution is -1.94. The van der Waals surface area contributed by atoms with Gasteiger partial charge >= 0.3 is 0 Å². The molecule has 0 saturated heterocycles. The molecule has 2 rings (SSSR count). The van der Waals surface area contributed by atoms with Crippen LogP contribution >= 0.6 is 15.9 Å². The highest BCUT2D eigenvalue weighted by atomic mass is 79.9. The Balaban J connectivity index is 2.64. The zero-order valence-electron chi connectivity index (χ0n) is 7.98. The third-order valence-corrected chi connectivity index (χ3v) is 2.52. The molecule has 0 spiro atoms. The molecule has 0 aliphatic carbocycles. The van der Waals surface area contributed by atoms with Gasteiger partial charge in [0.1, 0.15) is 11.8 Å². The van der Waals surface area contributed by atoms with Gasteiger partial charge in [0.2, 0.25) is 0 Å². The Morgan fingerprint density at radius 1 is 1.47 bits per heavy atom. The minimum Gasteiger partial charge on any atom is -0.246 e. The lowest BCUT2D eigenvalue weighted by molar-refractivity contribution is 0.720. The molecule has 5 heteroatoms. The van der Waals surface area contributed by atoms with E-state index >= 15 is 0 Å². The van der Waals surface area contributed by atoms with Crippen LogP contribution in [0.5, 0.6) is 0 Å². The van der Waals surface area contributed by atoms with Crippen LogP contribution in [-0.2, 0) is 7.05 Å². The van der Waals surface area contributed by atoms with Gasteiger partial charge in [-0.15, -0.1) is 5.10 Å². The van der Waals surface area contributed by atoms with E-state index in [9.17, 15) is 0 Å². The molecule has 2 aromatic rings. The third kappa shape index (κ3) is 1.76. The smallest absolute Gasteiger partial charge is 0.190 e. The second-order valence-corrected chi connectivity index (χ2v) is 3.95. The summed E-state index contributed by atoms with van der Waals surface area (Å²) in [6.45, 7) is 0. The SMILES string of the molecule is Cn1nnc(C#N)c1-c1cccc(Br)c1. The van der Waals surface area contributed by atoms with E-state index in [1.165, 1.54) is 0 Å². The van der Waals surface area contributed by atoms with E-state index in [0.29, 0.717) is 5.69 Å². The highest BCUT2D eigenvalue weighted by molar-refractivity contribution is 9.10. The van der Waals surface area contributed by atoms with E-state index < -0.39 is 0 Å². The molecule has 0 amide bonds. The van der Waals surface area contributed by atoms with Crippen molar-refractivity contribution < 1.29 is 0 Å². The first kappa shape index (κ1) is 9.87. The first-order chi connectivity index (χ1) is 7.22. The lowest BCUT2D eigenvalue weighted by Gasteiger charge is -2.01. The summed E-state index contributed by atoms with van der Waals surface area (Å²) in [5.41, 5.74) is 2.00. The van der Waals surface area contributed by atoms with Gasteiger partial charge in [0.25, 0.3) is 0 Å². The molecule has 0 saturated carbocycles. The molecule has 0 bridgehead atoms. The fourth-order valence-electron chi connectivity index (χ4n) is 1.39. The fourth-order valence-corrected chi connectivity index (χ4v) is 1.79. The van der Waals surface area contributed by atoms with Crippen molar-refractivity contribution in [3.63, 3.8) is 0 Å². The molecule has 0 radical (unpaired) electrons. The zero-order chi connectivity index (χ0) is 10.8. The molecule has 0 aliphatic heterocycles. The average Bonchev–Trinajstić information content (AvgIpc) is 2.59. The van der Waals surface area contributed by atoms with Crippen LogP contribution in [0.1, 0.15) is 5.69 Å². The van der Waals surface area contributed by atoms with Crippen LogP contribution in [0.4, 0.5) is 0 Å². The van der Waals surface area contributed by atoms with Gasteiger partial charge in [0.15, 0.2) is 5.69 Å². The number of hydrogen-bond acceptors (Lipinski definition) is 3. The first-order valence-corrected chi connectivity index (χ1v) is 5.07. The molecule has 0 unspecified atom stereocenters. The van der Waals surface area contributed by atoms with Crippen molar-refractivity contribution in [2.75, 3.05) is 0 Å². The molecule has 0 N–H and O–H groups in total. The van der Waals surface area contributed by atoms with Crippen molar-refractivity contribution in [1.82, 2.24) is 15.0 Å². The lowest BCUT2D eigenvalue weighted by atomic mass is 10.1. The second kappa shape index (κ2) is 3.83. The summed E-state index contributed by atoms with van der Waals surface area (Å²) < 4.78 is 2.56. The van der Waals surface area contributed by atoms with Crippen LogP contribution in [0.25, 0.3) is 11.3 Å². The van der Waals surface area contributed by atoms with Gasteiger partial charge in [0, 0.05) is 17.1 Å². The molecule has 4 nitrogen and oxygen atoms in total. The van der Waals surface area contributed by atoms with Crippen LogP contribution in [0.3, 0.4) is 0 Å². The third-order valence-electron chi connectivity index (χ3n) is 2.03. The predicted octanol–water partition coefficient (Wildman–Crippen LogP) is 2.12. The Morgan fingerprint density at radius 3 is 2.93 bits per heavy atom. The standard InChI is InChI=1S/C10H7BrN4/c1-15-10(9(6-12)13-14-15)7-3-2-4-8(11)5-7/h2-5H,1H3. The maximum Gasteiger partial charge on any atom is 0.190 e. The quantitative estimate of drug-likeness (QED) is 0.791. The zero-order valence-corrected chi connectivity index (χ0v) is 9.56. The number of nitrogens with zero attached hydrogens (tertiary/aromatic N) is 4. The first-order valence-electron chi connectivity index (χ1n) is 4.28. The van der Waals surface area contributed by atoms with Gasteiger partial charge in [-0.2, -0.15) is 5.26 Å². The number of halogens is 1. The number of aromatic nitrogens is 3. The van der Waals surface area contributed by atoms with Gasteiger partial charge in [0.05, 0.1) is 0 Å². The van der Waals surface area contributed by atoms with E-state index in [1.807, 2.05) is 30.3 Å². The summed E-state index contributed by atoms with van der Waals surface area (Å²) >= 11 is 3.39. The molecule has 74 valence electrons. The highest BCUT2D eigenvalue weighted by Gasteiger charge is 2.11. The maximum atomic E-state index is 8.88. The Labute approximate surface area is 95.3 Å². The fraction of sp³-hybridized carbons (Fsp3) is 0.100. The number of nitriles is 1. The van der Waals surface area contributed by atoms with Gasteiger partial charge in [-0.05, 0) is 12.1 Å². The van der Waals surface area contributed by atoms with Crippen molar-refractivity contribution in [2.24, 2.45) is 7.05 Å². The van der Waals surface area contributed by atoms with Gasteiger partial charge < -0.3 is 0 Å². The van der Waals surface area contributed by atoms with Crippen LogP contribution < -0.4 is 0 Å². The normalized spacial score (nSPS) is 9.93. The van der Waals surface area contributed by atoms with Crippen molar-refractivity contribution in [1.29, 1.82) is 5.26 Å². The van der Waals surface area contributed by atoms with Gasteiger partial charge in [-0.3, -0.25) is 0 Å². The molecule has 1 aromatic heterocycles. The minimum atomic E-state index is 0.343. The summed E-state index contributed by atoms with van der Waals surface area (Å²) in [6.07, 6.45) is 0. The molecule has 0 aliphatic rings. The van der Waals surface area contributed by atoms with Gasteiger partial charge in [-0.25, -0.2) is 4.68 Å². The van der Waals surface area contributed by atoms with E-state index in [1.54, 1.807) is 11.7 Å². The highest BCUT2D eigenvalue weighted by Crippen LogP contribution is 2.23. The summed E-state index contributed by atoms with van der Waals surface area (Å²) in [4.78, 5) is 0. The van der Waals surface area contributed by atoms with E-state index in [4.69, 9.17) is 5.26 Å². The molecule has 0 fully saturated rings. The summed E-state index contributed by atoms with van der Waals surface area (Å²) in [6, 6.07) is 9.72. The molecule has 15 heavy (non-hydrogen) atoms. The van der Waals surface area contributed by atoms with E-state index in [2.05, 4.69) is 26.2 Å². The molecule has 1 aromatic carbocycles. The van der Waals surface area contributed by atoms with E-state index in [-0.39, 0.29) is 0 Å². The van der Waals surface area contributed by atoms with Crippen molar-refractivity contribution >= 4 is 15.9 Å². The largest absolute Gasteiger partial charge is 0.246 e. The summed E-state index contributed by atoms with van der Waals surface area (Å²) in [7, 11) is 1.77. The molecule has 1 heterocycles. The minimum absolute atomic E-state index is 0.343. The van der Waals surface area contributed by atoms with Crippen molar-refractivity contribution in [3.05, 3.63) is 34.4 Å². The van der Waals surface area contributed by atoms with Crippen LogP contribution in [0, 0.1) is 11.3 Å². The number of aryl methyl sites for hydroxylation is 1. The Bertz CT molecular complexity index is 539. The van der Waals surface area contributed by atoms with Crippen molar-refractivity contribution in [2.45, 2.75) is 0 Å². The summed E-state index contributed by atoms with van der Waals surface area (Å²) in [5, 5.41) is 16.5. The maximum absolute atomic E-state index is 8.88. The molecule has 0 atom stereocenters. The van der Waals surface area contributed by atoms with Crippen LogP contribution in [0.15, 0.2) is 28.7 Å². The number of rotatable bonds is 1. The molecular formula is C10H7BrN4. The predicted molar refractivity (Wildman–Crippen MR) is 58.9 cm³/mol. The monoisotopic (exact) mass is 262 g/mol. The van der Waals surface area contributed by atoms with Gasteiger partial charge in [-0.1, -0.05) is 33.3 Å². The number of benzene rings is 1. The Hall–Kier alpha value is -1.67. The topological polar surface area (TPSA) is 54.5 Å². The summed E-state index contributed by atoms with van der Waals surface area (Å²) in [5.74, 6) is 0. The Morgan fingerprint density at radius 2 is 2.27 bits per heavy atom. The van der Waals surface area contributed by atoms with Crippen LogP contribution in [-0.4, -0.2) is 15.0 Å². The number of hydrogen-bond donors (Lipinski definition) is 0. The average molecular weight is 263 g/mol. The van der Waals surface area contributed by atoms with Crippen molar-refractivity contribution in [3.8, 4) is 17.3 Å². The van der Waals surface area contributed by atoms with E-state index in [0.717, 1.165) is 15.7 Å². The second-order valence-electron chi connectivity index (χ2n) is 3.03. The van der Waals surface area contributed by atoms with Crippen LogP contribution in [0.2, 0.25) is 0 Å². The molecular weight excluding hydrogens is 256 g/mol. The Kier molecular flexibility index (Phi) is 2.52.